The number of Topliss-reactive ketones (excluding diaryl/α,β-unsaturated/α-hetero) is 1. The summed E-state index contributed by atoms with van der Waals surface area (Å²) in [5.41, 5.74) is 3.72. The lowest BCUT2D eigenvalue weighted by Crippen LogP contribution is -2.26. The molecule has 0 saturated carbocycles. The maximum absolute atomic E-state index is 13.1. The van der Waals surface area contributed by atoms with Crippen molar-refractivity contribution in [3.05, 3.63) is 58.9 Å². The van der Waals surface area contributed by atoms with Crippen molar-refractivity contribution in [2.24, 2.45) is 0 Å². The van der Waals surface area contributed by atoms with E-state index in [0.717, 1.165) is 22.4 Å². The zero-order valence-electron chi connectivity index (χ0n) is 18.0. The smallest absolute Gasteiger partial charge is 0.187 e. The van der Waals surface area contributed by atoms with Crippen LogP contribution in [0.3, 0.4) is 0 Å². The van der Waals surface area contributed by atoms with Gasteiger partial charge in [-0.2, -0.15) is 5.26 Å². The first-order valence-electron chi connectivity index (χ1n) is 9.97. The van der Waals surface area contributed by atoms with Crippen LogP contribution >= 0.6 is 23.4 Å². The number of hydrogen-bond donors (Lipinski definition) is 0. The first-order valence-corrected chi connectivity index (χ1v) is 11.3. The van der Waals surface area contributed by atoms with E-state index in [0.29, 0.717) is 29.2 Å². The number of carbonyl (C=O) groups is 1. The minimum atomic E-state index is -0.248. The van der Waals surface area contributed by atoms with Crippen LogP contribution < -0.4 is 9.80 Å². The summed E-state index contributed by atoms with van der Waals surface area (Å²) in [7, 11) is 5.37. The molecule has 1 aliphatic heterocycles. The highest BCUT2D eigenvalue weighted by Gasteiger charge is 2.31. The SMILES string of the molecule is COCCn1c(SCC(=O)C(C#N)=C2N(C)c3ccccc3N2C)nc2cc(Cl)ccc21. The fourth-order valence-electron chi connectivity index (χ4n) is 3.85. The number of halogens is 1. The van der Waals surface area contributed by atoms with Crippen LogP contribution in [-0.4, -0.2) is 48.9 Å². The first kappa shape index (κ1) is 22.2. The van der Waals surface area contributed by atoms with Crippen molar-refractivity contribution in [3.63, 3.8) is 0 Å². The minimum absolute atomic E-state index is 0.0917. The molecule has 1 aromatic heterocycles. The highest BCUT2D eigenvalue weighted by molar-refractivity contribution is 7.99. The molecular weight excluding hydrogens is 446 g/mol. The number of nitrogens with zero attached hydrogens (tertiary/aromatic N) is 5. The van der Waals surface area contributed by atoms with Crippen LogP contribution in [0.15, 0.2) is 59.0 Å². The number of allylic oxidation sites excluding steroid dienone is 1. The molecule has 0 saturated heterocycles. The zero-order chi connectivity index (χ0) is 22.8. The number of fused-ring (bicyclic) bond motifs is 2. The predicted molar refractivity (Wildman–Crippen MR) is 128 cm³/mol. The molecule has 0 radical (unpaired) electrons. The Morgan fingerprint density at radius 3 is 2.50 bits per heavy atom. The van der Waals surface area contributed by atoms with Gasteiger partial charge in [0.2, 0.25) is 0 Å². The van der Waals surface area contributed by atoms with Gasteiger partial charge >= 0.3 is 0 Å². The maximum atomic E-state index is 13.1. The third-order valence-corrected chi connectivity index (χ3v) is 6.59. The van der Waals surface area contributed by atoms with Crippen LogP contribution in [0.1, 0.15) is 0 Å². The summed E-state index contributed by atoms with van der Waals surface area (Å²) in [6.07, 6.45) is 0. The molecule has 9 heteroatoms. The Bertz CT molecular complexity index is 1230. The van der Waals surface area contributed by atoms with Crippen molar-refractivity contribution in [3.8, 4) is 6.07 Å². The molecule has 0 N–H and O–H groups in total. The van der Waals surface area contributed by atoms with Gasteiger partial charge in [-0.3, -0.25) is 4.79 Å². The lowest BCUT2D eigenvalue weighted by atomic mass is 10.2. The van der Waals surface area contributed by atoms with Crippen LogP contribution in [0.2, 0.25) is 5.02 Å². The highest BCUT2D eigenvalue weighted by atomic mass is 35.5. The maximum Gasteiger partial charge on any atom is 0.187 e. The largest absolute Gasteiger partial charge is 0.383 e. The molecule has 2 heterocycles. The van der Waals surface area contributed by atoms with Crippen molar-refractivity contribution in [1.82, 2.24) is 9.55 Å². The number of methoxy groups -OCH3 is 1. The van der Waals surface area contributed by atoms with Gasteiger partial charge in [0, 0.05) is 32.8 Å². The summed E-state index contributed by atoms with van der Waals surface area (Å²) < 4.78 is 7.24. The summed E-state index contributed by atoms with van der Waals surface area (Å²) in [4.78, 5) is 21.6. The van der Waals surface area contributed by atoms with E-state index in [1.165, 1.54) is 11.8 Å². The van der Waals surface area contributed by atoms with Gasteiger partial charge in [0.1, 0.15) is 17.5 Å². The van der Waals surface area contributed by atoms with Gasteiger partial charge in [-0.05, 0) is 30.3 Å². The third kappa shape index (κ3) is 3.95. The van der Waals surface area contributed by atoms with Gasteiger partial charge in [-0.25, -0.2) is 4.98 Å². The van der Waals surface area contributed by atoms with Crippen LogP contribution in [0.4, 0.5) is 11.4 Å². The summed E-state index contributed by atoms with van der Waals surface area (Å²) in [6, 6.07) is 15.5. The molecular formula is C23H22ClN5O2S. The van der Waals surface area contributed by atoms with Gasteiger partial charge in [0.25, 0.3) is 0 Å². The Kier molecular flexibility index (Phi) is 6.42. The van der Waals surface area contributed by atoms with Crippen molar-refractivity contribution >= 4 is 51.6 Å². The lowest BCUT2D eigenvalue weighted by Gasteiger charge is -2.19. The molecule has 0 atom stereocenters. The van der Waals surface area contributed by atoms with Crippen LogP contribution in [0, 0.1) is 11.3 Å². The Morgan fingerprint density at radius 2 is 1.88 bits per heavy atom. The number of hydrogen-bond acceptors (Lipinski definition) is 7. The number of aromatic nitrogens is 2. The minimum Gasteiger partial charge on any atom is -0.383 e. The Labute approximate surface area is 195 Å². The number of thioether (sulfide) groups is 1. The van der Waals surface area contributed by atoms with Crippen LogP contribution in [-0.2, 0) is 16.1 Å². The van der Waals surface area contributed by atoms with Crippen molar-refractivity contribution in [1.29, 1.82) is 5.26 Å². The highest BCUT2D eigenvalue weighted by Crippen LogP contribution is 2.40. The standard InChI is InChI=1S/C23H22ClN5O2S/c1-27-19-6-4-5-7-20(19)28(2)22(27)16(13-25)21(30)14-32-23-26-17-12-15(24)8-9-18(17)29(23)10-11-31-3/h4-9,12H,10-11,14H2,1-3H3. The fraction of sp³-hybridized carbons (Fsp3) is 0.261. The number of anilines is 2. The number of para-hydroxylation sites is 2. The van der Waals surface area contributed by atoms with Crippen LogP contribution in [0.5, 0.6) is 0 Å². The molecule has 164 valence electrons. The average Bonchev–Trinajstić information content (AvgIpc) is 3.26. The predicted octanol–water partition coefficient (Wildman–Crippen LogP) is 4.32. The quantitative estimate of drug-likeness (QED) is 0.291. The molecule has 0 unspecified atom stereocenters. The molecule has 1 aliphatic rings. The van der Waals surface area contributed by atoms with Crippen molar-refractivity contribution < 1.29 is 9.53 Å². The van der Waals surface area contributed by atoms with E-state index in [2.05, 4.69) is 11.1 Å². The number of imidazole rings is 1. The Hall–Kier alpha value is -2.99. The van der Waals surface area contributed by atoms with E-state index < -0.39 is 0 Å². The Balaban J connectivity index is 1.62. The number of benzene rings is 2. The number of carbonyl (C=O) groups excluding carboxylic acids is 1. The van der Waals surface area contributed by atoms with Crippen molar-refractivity contribution in [2.75, 3.05) is 43.4 Å². The first-order chi connectivity index (χ1) is 15.5. The molecule has 7 nitrogen and oxygen atoms in total. The molecule has 32 heavy (non-hydrogen) atoms. The van der Waals surface area contributed by atoms with Gasteiger partial charge < -0.3 is 19.1 Å². The second-order valence-electron chi connectivity index (χ2n) is 7.30. The molecule has 0 fully saturated rings. The van der Waals surface area contributed by atoms with E-state index >= 15 is 0 Å². The second kappa shape index (κ2) is 9.25. The normalized spacial score (nSPS) is 12.9. The number of ketones is 1. The molecule has 0 amide bonds. The summed E-state index contributed by atoms with van der Waals surface area (Å²) in [6.45, 7) is 1.11. The van der Waals surface area contributed by atoms with E-state index in [4.69, 9.17) is 16.3 Å². The van der Waals surface area contributed by atoms with E-state index in [-0.39, 0.29) is 17.1 Å². The average molecular weight is 468 g/mol. The molecule has 2 aromatic carbocycles. The summed E-state index contributed by atoms with van der Waals surface area (Å²) >= 11 is 7.43. The topological polar surface area (TPSA) is 74.4 Å². The van der Waals surface area contributed by atoms with E-state index in [1.807, 2.05) is 64.9 Å². The van der Waals surface area contributed by atoms with Gasteiger partial charge in [0.15, 0.2) is 10.9 Å². The fourth-order valence-corrected chi connectivity index (χ4v) is 4.93. The van der Waals surface area contributed by atoms with Crippen molar-refractivity contribution in [2.45, 2.75) is 11.7 Å². The van der Waals surface area contributed by atoms with Crippen LogP contribution in [0.25, 0.3) is 11.0 Å². The number of ether oxygens (including phenoxy) is 1. The van der Waals surface area contributed by atoms with E-state index in [9.17, 15) is 10.1 Å². The molecule has 0 bridgehead atoms. The van der Waals surface area contributed by atoms with E-state index in [1.54, 1.807) is 13.2 Å². The van der Waals surface area contributed by atoms with Gasteiger partial charge in [0.05, 0.1) is 34.8 Å². The van der Waals surface area contributed by atoms with Gasteiger partial charge in [-0.15, -0.1) is 0 Å². The Morgan fingerprint density at radius 1 is 1.19 bits per heavy atom. The summed E-state index contributed by atoms with van der Waals surface area (Å²) in [5, 5.41) is 11.1. The summed E-state index contributed by atoms with van der Waals surface area (Å²) in [5.74, 6) is 0.426. The molecule has 3 aromatic rings. The molecule has 0 aliphatic carbocycles. The second-order valence-corrected chi connectivity index (χ2v) is 8.68. The number of nitriles is 1. The van der Waals surface area contributed by atoms with Gasteiger partial charge in [-0.1, -0.05) is 35.5 Å². The number of rotatable bonds is 7. The third-order valence-electron chi connectivity index (χ3n) is 5.38. The molecule has 0 spiro atoms. The zero-order valence-corrected chi connectivity index (χ0v) is 19.6. The molecule has 4 rings (SSSR count). The lowest BCUT2D eigenvalue weighted by molar-refractivity contribution is -0.112. The monoisotopic (exact) mass is 467 g/mol.